The summed E-state index contributed by atoms with van der Waals surface area (Å²) in [5, 5.41) is 29.6. The fourth-order valence-electron chi connectivity index (χ4n) is 2.82. The Labute approximate surface area is 159 Å². The molecule has 0 unspecified atom stereocenters. The van der Waals surface area contributed by atoms with Gasteiger partial charge < -0.3 is 5.11 Å². The lowest BCUT2D eigenvalue weighted by Gasteiger charge is -2.08. The lowest BCUT2D eigenvalue weighted by molar-refractivity contribution is -0.385. The summed E-state index contributed by atoms with van der Waals surface area (Å²) in [6.07, 6.45) is 0.468. The third-order valence-corrected chi connectivity index (χ3v) is 5.04. The molecule has 0 aromatic heterocycles. The van der Waals surface area contributed by atoms with Crippen molar-refractivity contribution in [1.29, 1.82) is 0 Å². The first-order chi connectivity index (χ1) is 13.2. The number of rotatable bonds is 5. The number of hydrogen-bond acceptors (Lipinski definition) is 7. The van der Waals surface area contributed by atoms with Crippen molar-refractivity contribution in [2.45, 2.75) is 18.2 Å². The maximum Gasteiger partial charge on any atom is 0.295 e. The second kappa shape index (κ2) is 7.33. The molecule has 28 heavy (non-hydrogen) atoms. The predicted molar refractivity (Wildman–Crippen MR) is 102 cm³/mol. The van der Waals surface area contributed by atoms with Gasteiger partial charge >= 0.3 is 0 Å². The highest BCUT2D eigenvalue weighted by Crippen LogP contribution is 2.39. The van der Waals surface area contributed by atoms with E-state index in [4.69, 9.17) is 0 Å². The smallest absolute Gasteiger partial charge is 0.295 e. The maximum atomic E-state index is 11.7. The van der Waals surface area contributed by atoms with E-state index < -0.39 is 19.9 Å². The number of fused-ring (bicyclic) bond motifs is 1. The van der Waals surface area contributed by atoms with E-state index in [1.165, 1.54) is 36.4 Å². The monoisotopic (exact) mass is 401 g/mol. The molecule has 10 heteroatoms. The summed E-state index contributed by atoms with van der Waals surface area (Å²) in [5.74, 6) is -0.355. The molecule has 0 saturated heterocycles. The Morgan fingerprint density at radius 1 is 1.11 bits per heavy atom. The molecule has 0 spiro atoms. The van der Waals surface area contributed by atoms with Crippen molar-refractivity contribution in [2.24, 2.45) is 10.2 Å². The molecule has 0 amide bonds. The summed E-state index contributed by atoms with van der Waals surface area (Å²) < 4.78 is 32.9. The van der Waals surface area contributed by atoms with E-state index in [9.17, 15) is 28.2 Å². The summed E-state index contributed by atoms with van der Waals surface area (Å²) in [7, 11) is -4.58. The fourth-order valence-corrected chi connectivity index (χ4v) is 3.55. The standard InChI is InChI=1S/C18H15N3O6S/c1-2-11-6-8-13(10-14(11)21(23)24)19-20-18-15(22)9-7-12-4-3-5-16(17(12)18)28(25,26)27/h3-10,22H,2H2,1H3,(H,25,26,27). The Kier molecular flexibility index (Phi) is 5.08. The molecule has 3 aromatic carbocycles. The van der Waals surface area contributed by atoms with Gasteiger partial charge in [-0.3, -0.25) is 14.7 Å². The molecule has 144 valence electrons. The lowest BCUT2D eigenvalue weighted by Crippen LogP contribution is -1.99. The molecule has 0 bridgehead atoms. The van der Waals surface area contributed by atoms with E-state index in [0.717, 1.165) is 0 Å². The Balaban J connectivity index is 2.19. The van der Waals surface area contributed by atoms with Gasteiger partial charge in [-0.05, 0) is 36.1 Å². The van der Waals surface area contributed by atoms with Crippen molar-refractivity contribution < 1.29 is 23.0 Å². The van der Waals surface area contributed by atoms with E-state index in [0.29, 0.717) is 17.4 Å². The van der Waals surface area contributed by atoms with Crippen molar-refractivity contribution in [3.8, 4) is 5.75 Å². The van der Waals surface area contributed by atoms with Crippen LogP contribution >= 0.6 is 0 Å². The Morgan fingerprint density at radius 3 is 2.50 bits per heavy atom. The maximum absolute atomic E-state index is 11.7. The molecule has 9 nitrogen and oxygen atoms in total. The second-order valence-corrected chi connectivity index (χ2v) is 7.28. The molecule has 3 aromatic rings. The second-order valence-electron chi connectivity index (χ2n) is 5.89. The topological polar surface area (TPSA) is 142 Å². The van der Waals surface area contributed by atoms with Crippen molar-refractivity contribution in [3.63, 3.8) is 0 Å². The molecule has 0 saturated carbocycles. The Hall–Kier alpha value is -3.37. The molecule has 3 rings (SSSR count). The van der Waals surface area contributed by atoms with Gasteiger partial charge in [-0.15, -0.1) is 5.11 Å². The number of benzene rings is 3. The minimum atomic E-state index is -4.58. The number of nitro groups is 1. The van der Waals surface area contributed by atoms with Gasteiger partial charge in [-0.25, -0.2) is 0 Å². The summed E-state index contributed by atoms with van der Waals surface area (Å²) in [5.41, 5.74) is 0.405. The molecule has 0 aliphatic carbocycles. The molecule has 2 N–H and O–H groups in total. The summed E-state index contributed by atoms with van der Waals surface area (Å²) in [4.78, 5) is 10.2. The van der Waals surface area contributed by atoms with Gasteiger partial charge in [0.25, 0.3) is 15.8 Å². The quantitative estimate of drug-likeness (QED) is 0.275. The SMILES string of the molecule is CCc1ccc(N=Nc2c(O)ccc3cccc(S(=O)(=O)O)c23)cc1[N+](=O)[O-]. The van der Waals surface area contributed by atoms with Crippen molar-refractivity contribution in [1.82, 2.24) is 0 Å². The van der Waals surface area contributed by atoms with Crippen LogP contribution in [0.1, 0.15) is 12.5 Å². The molecule has 0 atom stereocenters. The van der Waals surface area contributed by atoms with Gasteiger partial charge in [-0.2, -0.15) is 13.5 Å². The van der Waals surface area contributed by atoms with E-state index >= 15 is 0 Å². The van der Waals surface area contributed by atoms with Crippen molar-refractivity contribution in [2.75, 3.05) is 0 Å². The number of phenolic OH excluding ortho intramolecular Hbond substituents is 1. The van der Waals surface area contributed by atoms with Crippen molar-refractivity contribution >= 4 is 38.0 Å². The summed E-state index contributed by atoms with van der Waals surface area (Å²) >= 11 is 0. The van der Waals surface area contributed by atoms with Crippen LogP contribution < -0.4 is 0 Å². The van der Waals surface area contributed by atoms with Crippen LogP contribution in [-0.4, -0.2) is 23.0 Å². The number of nitro benzene ring substituents is 1. The Bertz CT molecular complexity index is 1220. The number of nitrogens with zero attached hydrogens (tertiary/aromatic N) is 3. The molecular formula is C18H15N3O6S. The van der Waals surface area contributed by atoms with Gasteiger partial charge in [-0.1, -0.05) is 25.1 Å². The molecular weight excluding hydrogens is 386 g/mol. The van der Waals surface area contributed by atoms with Crippen LogP contribution in [0.15, 0.2) is 63.7 Å². The largest absolute Gasteiger partial charge is 0.506 e. The van der Waals surface area contributed by atoms with Crippen LogP contribution in [0, 0.1) is 10.1 Å². The fraction of sp³-hybridized carbons (Fsp3) is 0.111. The molecule has 0 fully saturated rings. The molecule has 0 aliphatic rings. The molecule has 0 aliphatic heterocycles. The third kappa shape index (κ3) is 3.68. The summed E-state index contributed by atoms with van der Waals surface area (Å²) in [6.45, 7) is 1.79. The first-order valence-electron chi connectivity index (χ1n) is 8.13. The zero-order chi connectivity index (χ0) is 20.5. The zero-order valence-corrected chi connectivity index (χ0v) is 15.4. The highest BCUT2D eigenvalue weighted by Gasteiger charge is 2.19. The van der Waals surface area contributed by atoms with E-state index in [-0.39, 0.29) is 28.2 Å². The van der Waals surface area contributed by atoms with Crippen molar-refractivity contribution in [3.05, 3.63) is 64.2 Å². The zero-order valence-electron chi connectivity index (χ0n) is 14.6. The van der Waals surface area contributed by atoms with Crippen LogP contribution in [0.2, 0.25) is 0 Å². The number of phenols is 1. The first kappa shape index (κ1) is 19.4. The van der Waals surface area contributed by atoms with Gasteiger partial charge in [0.2, 0.25) is 0 Å². The van der Waals surface area contributed by atoms with Gasteiger partial charge in [0.1, 0.15) is 16.3 Å². The van der Waals surface area contributed by atoms with E-state index in [2.05, 4.69) is 10.2 Å². The van der Waals surface area contributed by atoms with E-state index in [1.54, 1.807) is 19.1 Å². The minimum Gasteiger partial charge on any atom is -0.506 e. The average Bonchev–Trinajstić information content (AvgIpc) is 2.65. The highest BCUT2D eigenvalue weighted by molar-refractivity contribution is 7.86. The van der Waals surface area contributed by atoms with Crippen LogP contribution in [0.3, 0.4) is 0 Å². The molecule has 0 heterocycles. The number of aromatic hydroxyl groups is 1. The normalized spacial score (nSPS) is 11.9. The number of azo groups is 1. The number of aryl methyl sites for hydroxylation is 1. The minimum absolute atomic E-state index is 0.00609. The van der Waals surface area contributed by atoms with Gasteiger partial charge in [0.15, 0.2) is 0 Å². The third-order valence-electron chi connectivity index (χ3n) is 4.15. The predicted octanol–water partition coefficient (Wildman–Crippen LogP) is 4.68. The number of hydrogen-bond donors (Lipinski definition) is 2. The van der Waals surface area contributed by atoms with Crippen LogP contribution in [-0.2, 0) is 16.5 Å². The summed E-state index contributed by atoms with van der Waals surface area (Å²) in [6, 6.07) is 11.3. The Morgan fingerprint density at radius 2 is 1.86 bits per heavy atom. The first-order valence-corrected chi connectivity index (χ1v) is 9.57. The molecule has 0 radical (unpaired) electrons. The van der Waals surface area contributed by atoms with Gasteiger partial charge in [0, 0.05) is 17.0 Å². The highest BCUT2D eigenvalue weighted by atomic mass is 32.2. The average molecular weight is 401 g/mol. The van der Waals surface area contributed by atoms with Crippen LogP contribution in [0.4, 0.5) is 17.1 Å². The van der Waals surface area contributed by atoms with Crippen LogP contribution in [0.25, 0.3) is 10.8 Å². The van der Waals surface area contributed by atoms with Crippen LogP contribution in [0.5, 0.6) is 5.75 Å². The van der Waals surface area contributed by atoms with Gasteiger partial charge in [0.05, 0.1) is 10.6 Å². The lowest BCUT2D eigenvalue weighted by atomic mass is 10.1. The van der Waals surface area contributed by atoms with E-state index in [1.807, 2.05) is 0 Å².